The monoisotopic (exact) mass is 274 g/mol. The number of nitrogens with two attached hydrogens (primary N) is 1. The lowest BCUT2D eigenvalue weighted by Crippen LogP contribution is -2.25. The van der Waals surface area contributed by atoms with Crippen molar-refractivity contribution in [1.82, 2.24) is 4.72 Å². The third-order valence-corrected chi connectivity index (χ3v) is 4.09. The lowest BCUT2D eigenvalue weighted by Gasteiger charge is -2.08. The molecule has 0 heterocycles. The summed E-state index contributed by atoms with van der Waals surface area (Å²) in [7, 11) is -3.76. The Kier molecular flexibility index (Phi) is 5.71. The number of hydrogen-bond acceptors (Lipinski definition) is 3. The molecule has 18 heavy (non-hydrogen) atoms. The fourth-order valence-electron chi connectivity index (χ4n) is 1.55. The molecule has 3 N–H and O–H groups in total. The number of benzene rings is 1. The van der Waals surface area contributed by atoms with Crippen LogP contribution in [0.3, 0.4) is 0 Å². The van der Waals surface area contributed by atoms with Crippen LogP contribution >= 0.6 is 0 Å². The molecule has 0 aliphatic carbocycles. The fraction of sp³-hybridized carbons (Fsp3) is 0.500. The van der Waals surface area contributed by atoms with Gasteiger partial charge in [-0.05, 0) is 24.1 Å². The minimum atomic E-state index is -3.76. The van der Waals surface area contributed by atoms with Crippen LogP contribution in [0.5, 0.6) is 0 Å². The van der Waals surface area contributed by atoms with Crippen molar-refractivity contribution in [3.05, 3.63) is 29.6 Å². The molecule has 0 aliphatic rings. The summed E-state index contributed by atoms with van der Waals surface area (Å²) >= 11 is 0. The summed E-state index contributed by atoms with van der Waals surface area (Å²) < 4.78 is 39.7. The molecular weight excluding hydrogens is 255 g/mol. The first kappa shape index (κ1) is 15.1. The van der Waals surface area contributed by atoms with Gasteiger partial charge in [-0.25, -0.2) is 17.5 Å². The first-order valence-electron chi connectivity index (χ1n) is 5.99. The minimum Gasteiger partial charge on any atom is -0.326 e. The summed E-state index contributed by atoms with van der Waals surface area (Å²) in [6, 6.07) is 3.92. The topological polar surface area (TPSA) is 72.2 Å². The van der Waals surface area contributed by atoms with Gasteiger partial charge in [0.05, 0.1) is 0 Å². The third kappa shape index (κ3) is 4.04. The van der Waals surface area contributed by atoms with E-state index in [-0.39, 0.29) is 11.4 Å². The maximum absolute atomic E-state index is 13.6. The molecule has 1 rings (SSSR count). The van der Waals surface area contributed by atoms with Crippen LogP contribution in [0.4, 0.5) is 4.39 Å². The van der Waals surface area contributed by atoms with Gasteiger partial charge in [0.2, 0.25) is 10.0 Å². The van der Waals surface area contributed by atoms with Gasteiger partial charge in [0.15, 0.2) is 0 Å². The predicted molar refractivity (Wildman–Crippen MR) is 69.0 cm³/mol. The van der Waals surface area contributed by atoms with Crippen molar-refractivity contribution in [3.63, 3.8) is 0 Å². The molecule has 0 aliphatic heterocycles. The van der Waals surface area contributed by atoms with Gasteiger partial charge in [-0.1, -0.05) is 25.8 Å². The van der Waals surface area contributed by atoms with E-state index in [1.807, 2.05) is 6.92 Å². The zero-order chi connectivity index (χ0) is 13.6. The molecule has 0 saturated heterocycles. The van der Waals surface area contributed by atoms with Crippen molar-refractivity contribution in [3.8, 4) is 0 Å². The Morgan fingerprint density at radius 3 is 2.61 bits per heavy atom. The molecule has 0 unspecified atom stereocenters. The van der Waals surface area contributed by atoms with Crippen molar-refractivity contribution < 1.29 is 12.8 Å². The van der Waals surface area contributed by atoms with Crippen LogP contribution < -0.4 is 10.5 Å². The second kappa shape index (κ2) is 6.82. The molecule has 0 spiro atoms. The van der Waals surface area contributed by atoms with Gasteiger partial charge in [0.25, 0.3) is 0 Å². The van der Waals surface area contributed by atoms with E-state index in [1.165, 1.54) is 12.1 Å². The standard InChI is InChI=1S/C12H19FN2O2S/c1-2-3-4-7-15-18(16,17)12-6-5-10(9-14)8-11(12)13/h5-6,8,15H,2-4,7,9,14H2,1H3. The number of unbranched alkanes of at least 4 members (excludes halogenated alkanes) is 2. The first-order chi connectivity index (χ1) is 8.51. The lowest BCUT2D eigenvalue weighted by molar-refractivity contribution is 0.553. The number of rotatable bonds is 7. The van der Waals surface area contributed by atoms with Crippen molar-refractivity contribution in [2.75, 3.05) is 6.54 Å². The van der Waals surface area contributed by atoms with E-state index in [2.05, 4.69) is 4.72 Å². The molecule has 1 aromatic rings. The molecule has 0 atom stereocenters. The summed E-state index contributed by atoms with van der Waals surface area (Å²) in [5.41, 5.74) is 5.93. The van der Waals surface area contributed by atoms with Crippen LogP contribution in [0, 0.1) is 5.82 Å². The molecule has 0 aromatic heterocycles. The summed E-state index contributed by atoms with van der Waals surface area (Å²) in [6.07, 6.45) is 2.69. The SMILES string of the molecule is CCCCCNS(=O)(=O)c1ccc(CN)cc1F. The largest absolute Gasteiger partial charge is 0.326 e. The van der Waals surface area contributed by atoms with E-state index >= 15 is 0 Å². The molecule has 0 saturated carbocycles. The number of sulfonamides is 1. The average molecular weight is 274 g/mol. The molecule has 0 fully saturated rings. The predicted octanol–water partition coefficient (Wildman–Crippen LogP) is 1.75. The molecule has 6 heteroatoms. The molecule has 0 bridgehead atoms. The van der Waals surface area contributed by atoms with Gasteiger partial charge in [0.1, 0.15) is 10.7 Å². The molecular formula is C12H19FN2O2S. The number of nitrogens with one attached hydrogen (secondary N) is 1. The van der Waals surface area contributed by atoms with E-state index < -0.39 is 15.8 Å². The Balaban J connectivity index is 2.78. The molecule has 102 valence electrons. The zero-order valence-corrected chi connectivity index (χ0v) is 11.3. The summed E-state index contributed by atoms with van der Waals surface area (Å²) in [5.74, 6) is -0.763. The maximum Gasteiger partial charge on any atom is 0.243 e. The quantitative estimate of drug-likeness (QED) is 0.744. The van der Waals surface area contributed by atoms with E-state index in [0.717, 1.165) is 25.3 Å². The maximum atomic E-state index is 13.6. The van der Waals surface area contributed by atoms with E-state index in [0.29, 0.717) is 12.1 Å². The highest BCUT2D eigenvalue weighted by Crippen LogP contribution is 2.15. The minimum absolute atomic E-state index is 0.182. The number of halogens is 1. The van der Waals surface area contributed by atoms with E-state index in [9.17, 15) is 12.8 Å². The van der Waals surface area contributed by atoms with Crippen molar-refractivity contribution in [2.24, 2.45) is 5.73 Å². The van der Waals surface area contributed by atoms with Crippen molar-refractivity contribution in [1.29, 1.82) is 0 Å². The van der Waals surface area contributed by atoms with Gasteiger partial charge in [-0.15, -0.1) is 0 Å². The summed E-state index contributed by atoms with van der Waals surface area (Å²) in [6.45, 7) is 2.54. The van der Waals surface area contributed by atoms with Gasteiger partial charge in [0, 0.05) is 13.1 Å². The second-order valence-electron chi connectivity index (χ2n) is 4.07. The zero-order valence-electron chi connectivity index (χ0n) is 10.4. The van der Waals surface area contributed by atoms with Crippen LogP contribution in [0.1, 0.15) is 31.7 Å². The van der Waals surface area contributed by atoms with Gasteiger partial charge < -0.3 is 5.73 Å². The van der Waals surface area contributed by atoms with Gasteiger partial charge >= 0.3 is 0 Å². The smallest absolute Gasteiger partial charge is 0.243 e. The van der Waals surface area contributed by atoms with Crippen molar-refractivity contribution in [2.45, 2.75) is 37.6 Å². The highest BCUT2D eigenvalue weighted by Gasteiger charge is 2.18. The first-order valence-corrected chi connectivity index (χ1v) is 7.47. The van der Waals surface area contributed by atoms with Crippen LogP contribution in [0.15, 0.2) is 23.1 Å². The summed E-state index contributed by atoms with van der Waals surface area (Å²) in [4.78, 5) is -0.323. The molecule has 0 amide bonds. The fourth-order valence-corrected chi connectivity index (χ4v) is 2.68. The van der Waals surface area contributed by atoms with Crippen LogP contribution in [-0.2, 0) is 16.6 Å². The Bertz CT molecular complexity index is 489. The highest BCUT2D eigenvalue weighted by molar-refractivity contribution is 7.89. The van der Waals surface area contributed by atoms with Crippen LogP contribution in [-0.4, -0.2) is 15.0 Å². The third-order valence-electron chi connectivity index (χ3n) is 2.59. The Labute approximate surface area is 107 Å². The lowest BCUT2D eigenvalue weighted by atomic mass is 10.2. The Hall–Kier alpha value is -0.980. The molecule has 0 radical (unpaired) electrons. The Morgan fingerprint density at radius 1 is 1.33 bits per heavy atom. The summed E-state index contributed by atoms with van der Waals surface area (Å²) in [5, 5.41) is 0. The number of hydrogen-bond donors (Lipinski definition) is 2. The normalized spacial score (nSPS) is 11.7. The van der Waals surface area contributed by atoms with Gasteiger partial charge in [-0.2, -0.15) is 0 Å². The van der Waals surface area contributed by atoms with E-state index in [4.69, 9.17) is 5.73 Å². The highest BCUT2D eigenvalue weighted by atomic mass is 32.2. The van der Waals surface area contributed by atoms with Gasteiger partial charge in [-0.3, -0.25) is 0 Å². The molecule has 1 aromatic carbocycles. The van der Waals surface area contributed by atoms with Crippen molar-refractivity contribution >= 4 is 10.0 Å². The average Bonchev–Trinajstić information content (AvgIpc) is 2.34. The van der Waals surface area contributed by atoms with Crippen LogP contribution in [0.25, 0.3) is 0 Å². The second-order valence-corrected chi connectivity index (χ2v) is 5.81. The van der Waals surface area contributed by atoms with Crippen LogP contribution in [0.2, 0.25) is 0 Å². The Morgan fingerprint density at radius 2 is 2.06 bits per heavy atom. The van der Waals surface area contributed by atoms with E-state index in [1.54, 1.807) is 0 Å². The molecule has 4 nitrogen and oxygen atoms in total.